The van der Waals surface area contributed by atoms with Gasteiger partial charge in [-0.3, -0.25) is 4.90 Å². The Morgan fingerprint density at radius 2 is 1.69 bits per heavy atom. The van der Waals surface area contributed by atoms with Crippen molar-refractivity contribution in [1.29, 1.82) is 0 Å². The molecule has 3 nitrogen and oxygen atoms in total. The van der Waals surface area contributed by atoms with Gasteiger partial charge in [-0.2, -0.15) is 0 Å². The van der Waals surface area contributed by atoms with E-state index in [4.69, 9.17) is 5.73 Å². The van der Waals surface area contributed by atoms with Crippen LogP contribution in [0.15, 0.2) is 18.2 Å². The minimum absolute atomic E-state index is 0.102. The molecule has 1 aromatic rings. The summed E-state index contributed by atoms with van der Waals surface area (Å²) in [6, 6.07) is 7.22. The molecule has 1 atom stereocenters. The van der Waals surface area contributed by atoms with Crippen LogP contribution in [-0.2, 0) is 0 Å². The number of benzene rings is 1. The molecule has 3 rings (SSSR count). The van der Waals surface area contributed by atoms with Gasteiger partial charge < -0.3 is 10.6 Å². The number of nitrogens with zero attached hydrogens (tertiary/aromatic N) is 2. The smallest absolute Gasteiger partial charge is 0.0405 e. The average molecular weight is 400 g/mol. The Balaban J connectivity index is 1.75. The maximum absolute atomic E-state index is 6.26. The maximum Gasteiger partial charge on any atom is 0.0405 e. The third-order valence-corrected chi connectivity index (χ3v) is 7.51. The van der Waals surface area contributed by atoms with Crippen molar-refractivity contribution in [3.63, 3.8) is 0 Å². The van der Waals surface area contributed by atoms with Crippen molar-refractivity contribution >= 4 is 5.69 Å². The van der Waals surface area contributed by atoms with Crippen LogP contribution in [0.2, 0.25) is 0 Å². The standard InChI is InChI=1S/C26H45N3/c1-6-7-14-28-15-17-29(18-16-28)25-19-22(20(2)27)10-13-24(25)21-8-11-23(12-9-21)26(3,4)5/h10,13,19-21,23H,6-9,11-12,14-18,27H2,1-5H3. The van der Waals surface area contributed by atoms with E-state index in [1.165, 1.54) is 69.4 Å². The summed E-state index contributed by atoms with van der Waals surface area (Å²) < 4.78 is 0. The molecule has 2 N–H and O–H groups in total. The van der Waals surface area contributed by atoms with Crippen LogP contribution in [0.3, 0.4) is 0 Å². The summed E-state index contributed by atoms with van der Waals surface area (Å²) in [6.45, 7) is 17.6. The molecule has 29 heavy (non-hydrogen) atoms. The third-order valence-electron chi connectivity index (χ3n) is 7.51. The van der Waals surface area contributed by atoms with Crippen molar-refractivity contribution in [3.8, 4) is 0 Å². The lowest BCUT2D eigenvalue weighted by Crippen LogP contribution is -2.47. The van der Waals surface area contributed by atoms with Crippen LogP contribution < -0.4 is 10.6 Å². The van der Waals surface area contributed by atoms with Crippen molar-refractivity contribution in [3.05, 3.63) is 29.3 Å². The molecule has 1 unspecified atom stereocenters. The molecular weight excluding hydrogens is 354 g/mol. The minimum atomic E-state index is 0.102. The number of nitrogens with two attached hydrogens (primary N) is 1. The molecule has 1 aliphatic carbocycles. The van der Waals surface area contributed by atoms with Gasteiger partial charge in [0, 0.05) is 37.9 Å². The molecule has 1 heterocycles. The zero-order valence-electron chi connectivity index (χ0n) is 19.7. The van der Waals surface area contributed by atoms with Gasteiger partial charge in [-0.15, -0.1) is 0 Å². The van der Waals surface area contributed by atoms with Crippen LogP contribution in [0.1, 0.15) is 96.2 Å². The highest BCUT2D eigenvalue weighted by Gasteiger charge is 2.32. The number of unbranched alkanes of at least 4 members (excludes halogenated alkanes) is 1. The van der Waals surface area contributed by atoms with Gasteiger partial charge in [-0.05, 0) is 80.0 Å². The zero-order valence-corrected chi connectivity index (χ0v) is 19.7. The molecular formula is C26H45N3. The first kappa shape index (κ1) is 22.6. The molecule has 0 radical (unpaired) electrons. The van der Waals surface area contributed by atoms with Crippen molar-refractivity contribution in [1.82, 2.24) is 4.90 Å². The summed E-state index contributed by atoms with van der Waals surface area (Å²) in [5, 5.41) is 0. The third kappa shape index (κ3) is 5.76. The van der Waals surface area contributed by atoms with Gasteiger partial charge in [0.05, 0.1) is 0 Å². The van der Waals surface area contributed by atoms with Crippen molar-refractivity contribution in [2.75, 3.05) is 37.6 Å². The first-order valence-corrected chi connectivity index (χ1v) is 12.2. The largest absolute Gasteiger partial charge is 0.369 e. The first-order valence-electron chi connectivity index (χ1n) is 12.2. The summed E-state index contributed by atoms with van der Waals surface area (Å²) in [5.74, 6) is 1.58. The fraction of sp³-hybridized carbons (Fsp3) is 0.769. The normalized spacial score (nSPS) is 25.2. The van der Waals surface area contributed by atoms with Crippen LogP contribution in [0.25, 0.3) is 0 Å². The molecule has 2 fully saturated rings. The molecule has 0 aromatic heterocycles. The van der Waals surface area contributed by atoms with Crippen LogP contribution in [0, 0.1) is 11.3 Å². The van der Waals surface area contributed by atoms with Crippen LogP contribution in [-0.4, -0.2) is 37.6 Å². The zero-order chi connectivity index (χ0) is 21.0. The Labute approximate surface area is 180 Å². The monoisotopic (exact) mass is 399 g/mol. The highest BCUT2D eigenvalue weighted by atomic mass is 15.3. The summed E-state index contributed by atoms with van der Waals surface area (Å²) in [7, 11) is 0. The minimum Gasteiger partial charge on any atom is -0.369 e. The van der Waals surface area contributed by atoms with E-state index in [-0.39, 0.29) is 6.04 Å². The summed E-state index contributed by atoms with van der Waals surface area (Å²) in [4.78, 5) is 5.29. The van der Waals surface area contributed by atoms with Crippen molar-refractivity contribution in [2.24, 2.45) is 17.1 Å². The van der Waals surface area contributed by atoms with Crippen LogP contribution in [0.5, 0.6) is 0 Å². The second-order valence-corrected chi connectivity index (χ2v) is 10.7. The number of anilines is 1. The molecule has 2 aliphatic rings. The van der Waals surface area contributed by atoms with E-state index in [2.05, 4.69) is 62.6 Å². The highest BCUT2D eigenvalue weighted by Crippen LogP contribution is 2.45. The second-order valence-electron chi connectivity index (χ2n) is 10.7. The van der Waals surface area contributed by atoms with Gasteiger partial charge in [-0.25, -0.2) is 0 Å². The molecule has 0 spiro atoms. The van der Waals surface area contributed by atoms with Gasteiger partial charge in [0.15, 0.2) is 0 Å². The fourth-order valence-electron chi connectivity index (χ4n) is 5.33. The maximum atomic E-state index is 6.26. The van der Waals surface area contributed by atoms with Crippen LogP contribution >= 0.6 is 0 Å². The van der Waals surface area contributed by atoms with E-state index in [0.717, 1.165) is 19.0 Å². The second kappa shape index (κ2) is 9.83. The molecule has 1 aliphatic heterocycles. The van der Waals surface area contributed by atoms with Gasteiger partial charge in [0.1, 0.15) is 0 Å². The quantitative estimate of drug-likeness (QED) is 0.641. The predicted octanol–water partition coefficient (Wildman–Crippen LogP) is 5.95. The van der Waals surface area contributed by atoms with Crippen molar-refractivity contribution in [2.45, 2.75) is 85.1 Å². The lowest BCUT2D eigenvalue weighted by atomic mass is 9.68. The summed E-state index contributed by atoms with van der Waals surface area (Å²) in [6.07, 6.45) is 8.02. The SMILES string of the molecule is CCCCN1CCN(c2cc(C(C)N)ccc2C2CCC(C(C)(C)C)CC2)CC1. The van der Waals surface area contributed by atoms with E-state index in [9.17, 15) is 0 Å². The molecule has 1 saturated heterocycles. The summed E-state index contributed by atoms with van der Waals surface area (Å²) >= 11 is 0. The van der Waals surface area contributed by atoms with E-state index in [0.29, 0.717) is 11.3 Å². The van der Waals surface area contributed by atoms with Crippen molar-refractivity contribution < 1.29 is 0 Å². The predicted molar refractivity (Wildman–Crippen MR) is 127 cm³/mol. The molecule has 0 amide bonds. The van der Waals surface area contributed by atoms with Crippen LogP contribution in [0.4, 0.5) is 5.69 Å². The van der Waals surface area contributed by atoms with Gasteiger partial charge in [0.25, 0.3) is 0 Å². The number of rotatable bonds is 6. The fourth-order valence-corrected chi connectivity index (χ4v) is 5.33. The van der Waals surface area contributed by atoms with Gasteiger partial charge in [-0.1, -0.05) is 46.2 Å². The Hall–Kier alpha value is -1.06. The molecule has 1 saturated carbocycles. The van der Waals surface area contributed by atoms with Gasteiger partial charge >= 0.3 is 0 Å². The Bertz CT molecular complexity index is 630. The lowest BCUT2D eigenvalue weighted by Gasteiger charge is -2.40. The molecule has 0 bridgehead atoms. The molecule has 3 heteroatoms. The lowest BCUT2D eigenvalue weighted by molar-refractivity contribution is 0.169. The van der Waals surface area contributed by atoms with E-state index in [1.54, 1.807) is 5.56 Å². The Morgan fingerprint density at radius 3 is 2.24 bits per heavy atom. The first-order chi connectivity index (χ1) is 13.8. The van der Waals surface area contributed by atoms with E-state index in [1.807, 2.05) is 0 Å². The topological polar surface area (TPSA) is 32.5 Å². The van der Waals surface area contributed by atoms with E-state index < -0.39 is 0 Å². The number of hydrogen-bond donors (Lipinski definition) is 1. The number of hydrogen-bond acceptors (Lipinski definition) is 3. The van der Waals surface area contributed by atoms with E-state index >= 15 is 0 Å². The Morgan fingerprint density at radius 1 is 1.03 bits per heavy atom. The number of piperazine rings is 1. The van der Waals surface area contributed by atoms with Gasteiger partial charge in [0.2, 0.25) is 0 Å². The highest BCUT2D eigenvalue weighted by molar-refractivity contribution is 5.58. The average Bonchev–Trinajstić information content (AvgIpc) is 2.71. The summed E-state index contributed by atoms with van der Waals surface area (Å²) in [5.41, 5.74) is 11.0. The Kier molecular flexibility index (Phi) is 7.67. The molecule has 1 aromatic carbocycles. The molecule has 164 valence electrons.